The molecule has 0 aliphatic heterocycles. The molecule has 0 bridgehead atoms. The fraction of sp³-hybridized carbons (Fsp3) is 0.111. The van der Waals surface area contributed by atoms with E-state index in [0.29, 0.717) is 29.2 Å². The van der Waals surface area contributed by atoms with Crippen LogP contribution < -0.4 is 15.2 Å². The van der Waals surface area contributed by atoms with Crippen LogP contribution in [0.1, 0.15) is 18.1 Å². The number of nitrogen functional groups attached to an aromatic ring is 1. The van der Waals surface area contributed by atoms with Crippen molar-refractivity contribution in [2.24, 2.45) is 0 Å². The standard InChI is InChI=1S/C27H22FN3O2/c1-2-32-25-14-20(10-13-24(25)33-17-18-8-11-21(28)12-9-18)26-22(15-29)27(30)31-16-23(26)19-6-4-3-5-7-19/h3-14,16H,2,17H2,1H3,(H2,30,31). The number of ether oxygens (including phenoxy) is 2. The molecular weight excluding hydrogens is 417 g/mol. The minimum atomic E-state index is -0.294. The highest BCUT2D eigenvalue weighted by atomic mass is 19.1. The third kappa shape index (κ3) is 4.78. The number of aromatic nitrogens is 1. The summed E-state index contributed by atoms with van der Waals surface area (Å²) in [6, 6.07) is 23.6. The molecule has 3 aromatic carbocycles. The summed E-state index contributed by atoms with van der Waals surface area (Å²) in [5.41, 5.74) is 10.4. The number of pyridine rings is 1. The van der Waals surface area contributed by atoms with E-state index in [1.165, 1.54) is 12.1 Å². The molecule has 0 unspecified atom stereocenters. The van der Waals surface area contributed by atoms with E-state index in [2.05, 4.69) is 11.1 Å². The lowest BCUT2D eigenvalue weighted by molar-refractivity contribution is 0.269. The topological polar surface area (TPSA) is 81.2 Å². The molecule has 164 valence electrons. The van der Waals surface area contributed by atoms with Crippen LogP contribution in [-0.4, -0.2) is 11.6 Å². The number of hydrogen-bond donors (Lipinski definition) is 1. The Bertz CT molecular complexity index is 1300. The number of rotatable bonds is 7. The number of nitrogens with zero attached hydrogens (tertiary/aromatic N) is 2. The number of anilines is 1. The first-order valence-corrected chi connectivity index (χ1v) is 10.5. The van der Waals surface area contributed by atoms with Gasteiger partial charge in [-0.15, -0.1) is 0 Å². The van der Waals surface area contributed by atoms with Gasteiger partial charge in [0.2, 0.25) is 0 Å². The summed E-state index contributed by atoms with van der Waals surface area (Å²) in [5.74, 6) is 0.959. The number of halogens is 1. The molecule has 0 spiro atoms. The smallest absolute Gasteiger partial charge is 0.161 e. The molecule has 0 saturated carbocycles. The van der Waals surface area contributed by atoms with Crippen LogP contribution in [0.2, 0.25) is 0 Å². The first-order valence-electron chi connectivity index (χ1n) is 10.5. The molecule has 1 heterocycles. The van der Waals surface area contributed by atoms with Crippen molar-refractivity contribution in [3.63, 3.8) is 0 Å². The molecule has 0 aliphatic rings. The average molecular weight is 439 g/mol. The number of benzene rings is 3. The maximum Gasteiger partial charge on any atom is 0.161 e. The van der Waals surface area contributed by atoms with Gasteiger partial charge in [-0.2, -0.15) is 5.26 Å². The molecule has 0 saturated heterocycles. The summed E-state index contributed by atoms with van der Waals surface area (Å²) in [6.45, 7) is 2.59. The Morgan fingerprint density at radius 2 is 1.70 bits per heavy atom. The van der Waals surface area contributed by atoms with Crippen LogP contribution in [0.3, 0.4) is 0 Å². The van der Waals surface area contributed by atoms with Crippen molar-refractivity contribution in [3.05, 3.63) is 95.9 Å². The van der Waals surface area contributed by atoms with Crippen molar-refractivity contribution < 1.29 is 13.9 Å². The fourth-order valence-corrected chi connectivity index (χ4v) is 3.57. The van der Waals surface area contributed by atoms with Crippen molar-refractivity contribution in [1.82, 2.24) is 4.98 Å². The van der Waals surface area contributed by atoms with Gasteiger partial charge in [0.05, 0.1) is 6.61 Å². The zero-order chi connectivity index (χ0) is 23.2. The minimum Gasteiger partial charge on any atom is -0.490 e. The van der Waals surface area contributed by atoms with E-state index in [0.717, 1.165) is 22.3 Å². The Morgan fingerprint density at radius 1 is 0.939 bits per heavy atom. The summed E-state index contributed by atoms with van der Waals surface area (Å²) >= 11 is 0. The lowest BCUT2D eigenvalue weighted by atomic mass is 9.92. The van der Waals surface area contributed by atoms with Crippen molar-refractivity contribution in [2.75, 3.05) is 12.3 Å². The Balaban J connectivity index is 1.76. The number of hydrogen-bond acceptors (Lipinski definition) is 5. The molecule has 2 N–H and O–H groups in total. The largest absolute Gasteiger partial charge is 0.490 e. The van der Waals surface area contributed by atoms with Crippen molar-refractivity contribution >= 4 is 5.82 Å². The first kappa shape index (κ1) is 21.8. The van der Waals surface area contributed by atoms with Crippen LogP contribution in [0.15, 0.2) is 79.0 Å². The SMILES string of the molecule is CCOc1cc(-c2c(-c3ccccc3)cnc(N)c2C#N)ccc1OCc1ccc(F)cc1. The average Bonchev–Trinajstić information content (AvgIpc) is 2.84. The van der Waals surface area contributed by atoms with E-state index < -0.39 is 0 Å². The zero-order valence-corrected chi connectivity index (χ0v) is 18.1. The molecule has 1 aromatic heterocycles. The second kappa shape index (κ2) is 9.84. The van der Waals surface area contributed by atoms with Crippen LogP contribution in [0, 0.1) is 17.1 Å². The molecular formula is C27H22FN3O2. The fourth-order valence-electron chi connectivity index (χ4n) is 3.57. The minimum absolute atomic E-state index is 0.168. The number of nitrogens with two attached hydrogens (primary N) is 1. The van der Waals surface area contributed by atoms with Crippen molar-refractivity contribution in [1.29, 1.82) is 5.26 Å². The van der Waals surface area contributed by atoms with Gasteiger partial charge in [0, 0.05) is 17.3 Å². The molecule has 5 nitrogen and oxygen atoms in total. The van der Waals surface area contributed by atoms with E-state index in [1.54, 1.807) is 24.4 Å². The predicted molar refractivity (Wildman–Crippen MR) is 126 cm³/mol. The van der Waals surface area contributed by atoms with E-state index in [9.17, 15) is 9.65 Å². The third-order valence-electron chi connectivity index (χ3n) is 5.14. The highest BCUT2D eigenvalue weighted by molar-refractivity contribution is 5.90. The van der Waals surface area contributed by atoms with Gasteiger partial charge in [0.1, 0.15) is 29.9 Å². The normalized spacial score (nSPS) is 10.5. The van der Waals surface area contributed by atoms with Crippen molar-refractivity contribution in [3.8, 4) is 39.8 Å². The Morgan fingerprint density at radius 3 is 2.39 bits per heavy atom. The lowest BCUT2D eigenvalue weighted by Crippen LogP contribution is -2.02. The molecule has 33 heavy (non-hydrogen) atoms. The molecule has 4 aromatic rings. The van der Waals surface area contributed by atoms with Gasteiger partial charge in [-0.1, -0.05) is 48.5 Å². The summed E-state index contributed by atoms with van der Waals surface area (Å²) in [6.07, 6.45) is 1.68. The molecule has 0 aliphatic carbocycles. The van der Waals surface area contributed by atoms with E-state index in [-0.39, 0.29) is 18.2 Å². The van der Waals surface area contributed by atoms with Gasteiger partial charge in [-0.05, 0) is 47.9 Å². The summed E-state index contributed by atoms with van der Waals surface area (Å²) in [7, 11) is 0. The maximum absolute atomic E-state index is 13.2. The van der Waals surface area contributed by atoms with Crippen LogP contribution in [0.5, 0.6) is 11.5 Å². The van der Waals surface area contributed by atoms with Crippen molar-refractivity contribution in [2.45, 2.75) is 13.5 Å². The van der Waals surface area contributed by atoms with Crippen LogP contribution in [0.25, 0.3) is 22.3 Å². The van der Waals surface area contributed by atoms with E-state index in [4.69, 9.17) is 15.2 Å². The van der Waals surface area contributed by atoms with Gasteiger partial charge < -0.3 is 15.2 Å². The number of nitriles is 1. The van der Waals surface area contributed by atoms with Crippen LogP contribution >= 0.6 is 0 Å². The van der Waals surface area contributed by atoms with Crippen LogP contribution in [0.4, 0.5) is 10.2 Å². The summed E-state index contributed by atoms with van der Waals surface area (Å²) in [5, 5.41) is 9.84. The maximum atomic E-state index is 13.2. The van der Waals surface area contributed by atoms with Crippen LogP contribution in [-0.2, 0) is 6.61 Å². The lowest BCUT2D eigenvalue weighted by Gasteiger charge is -2.17. The summed E-state index contributed by atoms with van der Waals surface area (Å²) in [4.78, 5) is 4.23. The Kier molecular flexibility index (Phi) is 6.51. The second-order valence-corrected chi connectivity index (χ2v) is 7.29. The monoisotopic (exact) mass is 439 g/mol. The Labute approximate surface area is 191 Å². The van der Waals surface area contributed by atoms with Gasteiger partial charge in [0.15, 0.2) is 11.5 Å². The molecule has 0 amide bonds. The van der Waals surface area contributed by atoms with Gasteiger partial charge in [-0.25, -0.2) is 9.37 Å². The molecule has 0 fully saturated rings. The highest BCUT2D eigenvalue weighted by Crippen LogP contribution is 2.40. The molecule has 4 rings (SSSR count). The predicted octanol–water partition coefficient (Wildman–Crippen LogP) is 5.99. The Hall–Kier alpha value is -4.37. The van der Waals surface area contributed by atoms with E-state index >= 15 is 0 Å². The zero-order valence-electron chi connectivity index (χ0n) is 18.1. The first-order chi connectivity index (χ1) is 16.1. The quantitative estimate of drug-likeness (QED) is 0.383. The third-order valence-corrected chi connectivity index (χ3v) is 5.14. The van der Waals surface area contributed by atoms with Gasteiger partial charge in [-0.3, -0.25) is 0 Å². The summed E-state index contributed by atoms with van der Waals surface area (Å²) < 4.78 is 25.0. The van der Waals surface area contributed by atoms with Gasteiger partial charge >= 0.3 is 0 Å². The molecule has 0 radical (unpaired) electrons. The van der Waals surface area contributed by atoms with E-state index in [1.807, 2.05) is 49.4 Å². The molecule has 6 heteroatoms. The second-order valence-electron chi connectivity index (χ2n) is 7.29. The highest BCUT2D eigenvalue weighted by Gasteiger charge is 2.18. The molecule has 0 atom stereocenters. The van der Waals surface area contributed by atoms with Gasteiger partial charge in [0.25, 0.3) is 0 Å².